The van der Waals surface area contributed by atoms with E-state index in [1.807, 2.05) is 5.92 Å². The second-order valence-corrected chi connectivity index (χ2v) is 4.39. The van der Waals surface area contributed by atoms with Gasteiger partial charge in [-0.05, 0) is 0 Å². The van der Waals surface area contributed by atoms with Crippen molar-refractivity contribution in [1.29, 1.82) is 0 Å². The number of aromatic amines is 1. The van der Waals surface area contributed by atoms with Crippen molar-refractivity contribution >= 4 is 17.1 Å². The Kier molecular flexibility index (Phi) is 2.53. The summed E-state index contributed by atoms with van der Waals surface area (Å²) >= 11 is 0. The van der Waals surface area contributed by atoms with Crippen molar-refractivity contribution in [1.82, 2.24) is 19.5 Å². The first-order valence-electron chi connectivity index (χ1n) is 5.66. The fourth-order valence-electron chi connectivity index (χ4n) is 2.15. The molecule has 20 heavy (non-hydrogen) atoms. The van der Waals surface area contributed by atoms with Crippen LogP contribution in [0.1, 0.15) is 6.23 Å². The molecule has 1 unspecified atom stereocenters. The Bertz CT molecular complexity index is 778. The summed E-state index contributed by atoms with van der Waals surface area (Å²) in [7, 11) is 0. The number of nitrogens with two attached hydrogens (primary N) is 1. The minimum absolute atomic E-state index is 0.0245. The fraction of sp³-hybridized carbons (Fsp3) is 0.364. The number of halogens is 1. The highest BCUT2D eigenvalue weighted by molar-refractivity contribution is 5.70. The molecule has 0 aromatic carbocycles. The Balaban J connectivity index is 2.22. The van der Waals surface area contributed by atoms with Crippen LogP contribution in [0.3, 0.4) is 0 Å². The standard InChI is InChI=1S/C11H10FN5O3/c1-2-11(12)5(18)3-20-9(11)17-4-14-6-7(17)15-10(13)16-8(6)19/h1,4-5,9,18H,3H2,(H3,13,15,16,19)/t5-,9?,11-/m1/s1. The van der Waals surface area contributed by atoms with Crippen molar-refractivity contribution in [2.45, 2.75) is 18.0 Å². The molecule has 104 valence electrons. The number of hydrogen-bond acceptors (Lipinski definition) is 6. The molecule has 0 radical (unpaired) electrons. The average Bonchev–Trinajstić information content (AvgIpc) is 2.93. The van der Waals surface area contributed by atoms with Crippen LogP contribution in [0.2, 0.25) is 0 Å². The highest BCUT2D eigenvalue weighted by Gasteiger charge is 2.52. The number of rotatable bonds is 1. The largest absolute Gasteiger partial charge is 0.386 e. The van der Waals surface area contributed by atoms with Crippen molar-refractivity contribution in [2.75, 3.05) is 12.3 Å². The second kappa shape index (κ2) is 4.03. The zero-order valence-corrected chi connectivity index (χ0v) is 10.1. The van der Waals surface area contributed by atoms with Crippen molar-refractivity contribution < 1.29 is 14.2 Å². The third-order valence-corrected chi connectivity index (χ3v) is 3.18. The van der Waals surface area contributed by atoms with E-state index in [-0.39, 0.29) is 23.7 Å². The highest BCUT2D eigenvalue weighted by Crippen LogP contribution is 2.38. The summed E-state index contributed by atoms with van der Waals surface area (Å²) in [6, 6.07) is 0. The van der Waals surface area contributed by atoms with Gasteiger partial charge in [-0.15, -0.1) is 6.42 Å². The van der Waals surface area contributed by atoms with Gasteiger partial charge in [-0.1, -0.05) is 5.92 Å². The number of H-pyrrole nitrogens is 1. The van der Waals surface area contributed by atoms with Crippen LogP contribution in [0.25, 0.3) is 11.2 Å². The van der Waals surface area contributed by atoms with Gasteiger partial charge in [0.2, 0.25) is 11.6 Å². The number of anilines is 1. The molecule has 1 aliphatic heterocycles. The molecule has 2 aromatic heterocycles. The van der Waals surface area contributed by atoms with Crippen LogP contribution < -0.4 is 11.3 Å². The van der Waals surface area contributed by atoms with Crippen molar-refractivity contribution in [2.24, 2.45) is 0 Å². The zero-order chi connectivity index (χ0) is 14.5. The van der Waals surface area contributed by atoms with Crippen molar-refractivity contribution in [3.63, 3.8) is 0 Å². The molecule has 0 spiro atoms. The topological polar surface area (TPSA) is 119 Å². The monoisotopic (exact) mass is 279 g/mol. The summed E-state index contributed by atoms with van der Waals surface area (Å²) in [4.78, 5) is 21.6. The predicted molar refractivity (Wildman–Crippen MR) is 66.2 cm³/mol. The Morgan fingerprint density at radius 3 is 3.20 bits per heavy atom. The van der Waals surface area contributed by atoms with E-state index in [0.717, 1.165) is 4.57 Å². The molecule has 9 heteroatoms. The lowest BCUT2D eigenvalue weighted by atomic mass is 10.0. The van der Waals surface area contributed by atoms with Crippen molar-refractivity contribution in [3.05, 3.63) is 16.7 Å². The number of nitrogens with zero attached hydrogens (tertiary/aromatic N) is 3. The smallest absolute Gasteiger partial charge is 0.280 e. The number of nitrogen functional groups attached to an aromatic ring is 1. The Morgan fingerprint density at radius 2 is 2.50 bits per heavy atom. The number of terminal acetylenes is 1. The maximum Gasteiger partial charge on any atom is 0.280 e. The van der Waals surface area contributed by atoms with Crippen LogP contribution in [0.4, 0.5) is 10.3 Å². The van der Waals surface area contributed by atoms with Gasteiger partial charge in [0.15, 0.2) is 17.4 Å². The van der Waals surface area contributed by atoms with Crippen LogP contribution in [0.5, 0.6) is 0 Å². The van der Waals surface area contributed by atoms with Gasteiger partial charge in [-0.25, -0.2) is 9.37 Å². The summed E-state index contributed by atoms with van der Waals surface area (Å²) in [5.74, 6) is 1.74. The van der Waals surface area contributed by atoms with Crippen LogP contribution in [-0.2, 0) is 4.74 Å². The highest BCUT2D eigenvalue weighted by atomic mass is 19.1. The molecule has 3 rings (SSSR count). The molecule has 0 amide bonds. The van der Waals surface area contributed by atoms with Gasteiger partial charge in [-0.2, -0.15) is 4.98 Å². The van der Waals surface area contributed by atoms with E-state index in [2.05, 4.69) is 15.0 Å². The zero-order valence-electron chi connectivity index (χ0n) is 10.1. The quantitative estimate of drug-likeness (QED) is 0.572. The van der Waals surface area contributed by atoms with E-state index in [0.29, 0.717) is 0 Å². The molecule has 1 fully saturated rings. The molecular weight excluding hydrogens is 269 g/mol. The first kappa shape index (κ1) is 12.6. The molecule has 8 nitrogen and oxygen atoms in total. The van der Waals surface area contributed by atoms with Crippen LogP contribution in [-0.4, -0.2) is 43.0 Å². The number of hydrogen-bond donors (Lipinski definition) is 3. The maximum absolute atomic E-state index is 14.6. The molecule has 1 saturated heterocycles. The van der Waals surface area contributed by atoms with Crippen LogP contribution >= 0.6 is 0 Å². The lowest BCUT2D eigenvalue weighted by Gasteiger charge is -2.23. The maximum atomic E-state index is 14.6. The van der Waals surface area contributed by atoms with E-state index in [9.17, 15) is 14.3 Å². The van der Waals surface area contributed by atoms with E-state index in [4.69, 9.17) is 16.9 Å². The van der Waals surface area contributed by atoms with E-state index < -0.39 is 23.6 Å². The molecule has 1 aliphatic rings. The summed E-state index contributed by atoms with van der Waals surface area (Å²) in [6.07, 6.45) is 3.50. The third-order valence-electron chi connectivity index (χ3n) is 3.18. The first-order valence-corrected chi connectivity index (χ1v) is 5.66. The molecule has 0 saturated carbocycles. The molecule has 4 N–H and O–H groups in total. The number of aromatic nitrogens is 4. The minimum Gasteiger partial charge on any atom is -0.386 e. The van der Waals surface area contributed by atoms with Gasteiger partial charge in [0.1, 0.15) is 6.10 Å². The molecule has 3 atom stereocenters. The van der Waals surface area contributed by atoms with Gasteiger partial charge >= 0.3 is 0 Å². The van der Waals surface area contributed by atoms with Gasteiger partial charge in [-0.3, -0.25) is 14.3 Å². The van der Waals surface area contributed by atoms with E-state index in [1.165, 1.54) is 6.33 Å². The number of imidazole rings is 1. The number of alkyl halides is 1. The predicted octanol–water partition coefficient (Wildman–Crippen LogP) is -1.07. The first-order chi connectivity index (χ1) is 9.47. The number of aliphatic hydroxyl groups is 1. The SMILES string of the molecule is C#C[C@]1(F)C(n2cnc3c(=O)[nH]c(N)nc32)OC[C@H]1O. The number of aliphatic hydroxyl groups excluding tert-OH is 1. The van der Waals surface area contributed by atoms with Crippen LogP contribution in [0.15, 0.2) is 11.1 Å². The normalized spacial score (nSPS) is 29.6. The molecule has 3 heterocycles. The second-order valence-electron chi connectivity index (χ2n) is 4.39. The minimum atomic E-state index is -2.44. The Morgan fingerprint density at radius 1 is 1.75 bits per heavy atom. The van der Waals surface area contributed by atoms with Gasteiger partial charge in [0.25, 0.3) is 5.56 Å². The summed E-state index contributed by atoms with van der Waals surface area (Å²) in [5.41, 5.74) is 2.45. The van der Waals surface area contributed by atoms with Crippen molar-refractivity contribution in [3.8, 4) is 12.3 Å². The summed E-state index contributed by atoms with van der Waals surface area (Å²) < 4.78 is 20.9. The number of nitrogens with one attached hydrogen (secondary N) is 1. The van der Waals surface area contributed by atoms with Crippen LogP contribution in [0, 0.1) is 12.3 Å². The van der Waals surface area contributed by atoms with Gasteiger partial charge in [0.05, 0.1) is 12.9 Å². The average molecular weight is 279 g/mol. The van der Waals surface area contributed by atoms with Gasteiger partial charge in [0, 0.05) is 0 Å². The Labute approximate surface area is 111 Å². The lowest BCUT2D eigenvalue weighted by molar-refractivity contribution is -0.00952. The number of fused-ring (bicyclic) bond motifs is 1. The van der Waals surface area contributed by atoms with E-state index in [1.54, 1.807) is 0 Å². The molecule has 0 aliphatic carbocycles. The fourth-order valence-corrected chi connectivity index (χ4v) is 2.15. The molecular formula is C11H10FN5O3. The Hall–Kier alpha value is -2.44. The number of ether oxygens (including phenoxy) is 1. The van der Waals surface area contributed by atoms with E-state index >= 15 is 0 Å². The molecule has 0 bridgehead atoms. The lowest BCUT2D eigenvalue weighted by Crippen LogP contribution is -2.39. The summed E-state index contributed by atoms with van der Waals surface area (Å²) in [6.45, 7) is -0.274. The third kappa shape index (κ3) is 1.52. The molecule has 2 aromatic rings. The summed E-state index contributed by atoms with van der Waals surface area (Å²) in [5, 5.41) is 9.61. The van der Waals surface area contributed by atoms with Gasteiger partial charge < -0.3 is 15.6 Å².